The monoisotopic (exact) mass is 274 g/mol. The summed E-state index contributed by atoms with van der Waals surface area (Å²) in [5.74, 6) is 0.571. The Hall–Kier alpha value is -0.430. The summed E-state index contributed by atoms with van der Waals surface area (Å²) >= 11 is 1.48. The summed E-state index contributed by atoms with van der Waals surface area (Å²) in [5.41, 5.74) is 0. The highest BCUT2D eigenvalue weighted by Gasteiger charge is 2.30. The Labute approximate surface area is 107 Å². The second kappa shape index (κ2) is 5.06. The van der Waals surface area contributed by atoms with Crippen LogP contribution >= 0.6 is 11.3 Å². The Kier molecular flexibility index (Phi) is 3.87. The fourth-order valence-corrected chi connectivity index (χ4v) is 4.45. The van der Waals surface area contributed by atoms with Crippen LogP contribution in [0.1, 0.15) is 17.7 Å². The van der Waals surface area contributed by atoms with Crippen LogP contribution in [0.5, 0.6) is 0 Å². The van der Waals surface area contributed by atoms with Crippen LogP contribution in [-0.2, 0) is 16.6 Å². The summed E-state index contributed by atoms with van der Waals surface area (Å²) in [6.07, 6.45) is 2.32. The molecule has 0 spiro atoms. The van der Waals surface area contributed by atoms with Gasteiger partial charge >= 0.3 is 0 Å². The molecule has 1 saturated carbocycles. The molecule has 1 heterocycles. The van der Waals surface area contributed by atoms with Gasteiger partial charge in [-0.3, -0.25) is 0 Å². The van der Waals surface area contributed by atoms with Crippen molar-refractivity contribution in [1.82, 2.24) is 9.62 Å². The van der Waals surface area contributed by atoms with Crippen LogP contribution in [0.15, 0.2) is 16.3 Å². The molecule has 0 unspecified atom stereocenters. The van der Waals surface area contributed by atoms with Gasteiger partial charge in [-0.1, -0.05) is 0 Å². The van der Waals surface area contributed by atoms with E-state index in [1.807, 2.05) is 12.4 Å². The molecule has 17 heavy (non-hydrogen) atoms. The van der Waals surface area contributed by atoms with E-state index in [0.717, 1.165) is 17.7 Å². The van der Waals surface area contributed by atoms with Gasteiger partial charge in [-0.15, -0.1) is 11.3 Å². The Morgan fingerprint density at radius 2 is 2.24 bits per heavy atom. The predicted octanol–water partition coefficient (Wildman–Crippen LogP) is 1.50. The second-order valence-electron chi connectivity index (χ2n) is 4.47. The average molecular weight is 274 g/mol. The highest BCUT2D eigenvalue weighted by atomic mass is 32.2. The summed E-state index contributed by atoms with van der Waals surface area (Å²) < 4.78 is 26.2. The number of hydrogen-bond donors (Lipinski definition) is 1. The first-order valence-corrected chi connectivity index (χ1v) is 8.05. The molecule has 1 N–H and O–H groups in total. The lowest BCUT2D eigenvalue weighted by atomic mass is 10.4. The minimum absolute atomic E-state index is 0.458. The first kappa shape index (κ1) is 13.0. The van der Waals surface area contributed by atoms with Gasteiger partial charge in [-0.2, -0.15) is 0 Å². The first-order valence-electron chi connectivity index (χ1n) is 5.73. The van der Waals surface area contributed by atoms with E-state index in [9.17, 15) is 8.42 Å². The number of hydrogen-bond acceptors (Lipinski definition) is 4. The average Bonchev–Trinajstić information content (AvgIpc) is 2.95. The number of thiophene rings is 1. The largest absolute Gasteiger partial charge is 0.315 e. The number of sulfonamides is 1. The third-order valence-electron chi connectivity index (χ3n) is 2.94. The smallest absolute Gasteiger partial charge is 0.243 e. The highest BCUT2D eigenvalue weighted by Crippen LogP contribution is 2.32. The van der Waals surface area contributed by atoms with Gasteiger partial charge in [0.05, 0.1) is 4.90 Å². The number of nitrogens with one attached hydrogen (secondary N) is 1. The van der Waals surface area contributed by atoms with Gasteiger partial charge in [0.25, 0.3) is 0 Å². The minimum atomic E-state index is -3.30. The van der Waals surface area contributed by atoms with E-state index in [0.29, 0.717) is 23.9 Å². The molecule has 0 amide bonds. The second-order valence-corrected chi connectivity index (χ2v) is 7.48. The summed E-state index contributed by atoms with van der Waals surface area (Å²) in [6.45, 7) is 1.25. The molecule has 1 aliphatic carbocycles. The third-order valence-corrected chi connectivity index (χ3v) is 5.90. The molecule has 0 aliphatic heterocycles. The van der Waals surface area contributed by atoms with E-state index in [4.69, 9.17) is 0 Å². The van der Waals surface area contributed by atoms with Crippen molar-refractivity contribution >= 4 is 21.4 Å². The molecule has 96 valence electrons. The molecule has 0 bridgehead atoms. The number of nitrogens with zero attached hydrogens (tertiary/aromatic N) is 1. The van der Waals surface area contributed by atoms with E-state index in [-0.39, 0.29) is 0 Å². The fourth-order valence-electron chi connectivity index (χ4n) is 1.78. The van der Waals surface area contributed by atoms with Crippen molar-refractivity contribution in [2.24, 2.45) is 5.92 Å². The van der Waals surface area contributed by atoms with Gasteiger partial charge in [-0.05, 0) is 37.3 Å². The molecular weight excluding hydrogens is 256 g/mol. The predicted molar refractivity (Wildman–Crippen MR) is 69.6 cm³/mol. The maximum Gasteiger partial charge on any atom is 0.243 e. The molecule has 6 heteroatoms. The van der Waals surface area contributed by atoms with Gasteiger partial charge in [0.1, 0.15) is 0 Å². The van der Waals surface area contributed by atoms with Crippen LogP contribution < -0.4 is 5.32 Å². The van der Waals surface area contributed by atoms with Crippen LogP contribution in [0, 0.1) is 5.92 Å². The molecule has 2 rings (SSSR count). The molecule has 0 aromatic carbocycles. The first-order chi connectivity index (χ1) is 8.05. The van der Waals surface area contributed by atoms with E-state index >= 15 is 0 Å². The summed E-state index contributed by atoms with van der Waals surface area (Å²) in [7, 11) is 0.199. The SMILES string of the molecule is CNCc1sccc1S(=O)(=O)N(C)CC1CC1. The Morgan fingerprint density at radius 3 is 2.82 bits per heavy atom. The molecule has 0 radical (unpaired) electrons. The zero-order valence-electron chi connectivity index (χ0n) is 10.1. The zero-order valence-corrected chi connectivity index (χ0v) is 11.8. The van der Waals surface area contributed by atoms with Crippen LogP contribution in [-0.4, -0.2) is 33.4 Å². The van der Waals surface area contributed by atoms with Gasteiger partial charge in [0.15, 0.2) is 0 Å². The number of rotatable bonds is 6. The summed E-state index contributed by atoms with van der Waals surface area (Å²) in [6, 6.07) is 1.70. The van der Waals surface area contributed by atoms with E-state index in [1.54, 1.807) is 13.1 Å². The van der Waals surface area contributed by atoms with Crippen molar-refractivity contribution < 1.29 is 8.42 Å². The van der Waals surface area contributed by atoms with Gasteiger partial charge in [-0.25, -0.2) is 12.7 Å². The molecule has 1 aromatic rings. The Bertz CT molecular complexity index is 477. The Balaban J connectivity index is 2.20. The quantitative estimate of drug-likeness (QED) is 0.855. The molecule has 4 nitrogen and oxygen atoms in total. The molecular formula is C11H18N2O2S2. The maximum absolute atomic E-state index is 12.4. The van der Waals surface area contributed by atoms with E-state index < -0.39 is 10.0 Å². The minimum Gasteiger partial charge on any atom is -0.315 e. The van der Waals surface area contributed by atoms with Crippen molar-refractivity contribution in [3.05, 3.63) is 16.3 Å². The van der Waals surface area contributed by atoms with Crippen molar-refractivity contribution in [3.8, 4) is 0 Å². The van der Waals surface area contributed by atoms with Gasteiger partial charge < -0.3 is 5.32 Å². The van der Waals surface area contributed by atoms with Crippen LogP contribution in [0.25, 0.3) is 0 Å². The maximum atomic E-state index is 12.4. The molecule has 0 saturated heterocycles. The lowest BCUT2D eigenvalue weighted by Crippen LogP contribution is -2.29. The van der Waals surface area contributed by atoms with Crippen LogP contribution in [0.2, 0.25) is 0 Å². The zero-order chi connectivity index (χ0) is 12.5. The molecule has 1 aliphatic rings. The van der Waals surface area contributed by atoms with Gasteiger partial charge in [0, 0.05) is 25.0 Å². The van der Waals surface area contributed by atoms with Crippen LogP contribution in [0.4, 0.5) is 0 Å². The molecule has 1 aromatic heterocycles. The fraction of sp³-hybridized carbons (Fsp3) is 0.636. The van der Waals surface area contributed by atoms with E-state index in [1.165, 1.54) is 15.6 Å². The molecule has 1 fully saturated rings. The summed E-state index contributed by atoms with van der Waals surface area (Å²) in [5, 5.41) is 4.84. The Morgan fingerprint density at radius 1 is 1.53 bits per heavy atom. The van der Waals surface area contributed by atoms with Crippen molar-refractivity contribution in [2.45, 2.75) is 24.3 Å². The topological polar surface area (TPSA) is 49.4 Å². The van der Waals surface area contributed by atoms with Crippen molar-refractivity contribution in [2.75, 3.05) is 20.6 Å². The molecule has 0 atom stereocenters. The summed E-state index contributed by atoms with van der Waals surface area (Å²) in [4.78, 5) is 1.34. The van der Waals surface area contributed by atoms with Crippen LogP contribution in [0.3, 0.4) is 0 Å². The van der Waals surface area contributed by atoms with Crippen molar-refractivity contribution in [3.63, 3.8) is 0 Å². The normalized spacial score (nSPS) is 16.6. The lowest BCUT2D eigenvalue weighted by molar-refractivity contribution is 0.452. The highest BCUT2D eigenvalue weighted by molar-refractivity contribution is 7.89. The van der Waals surface area contributed by atoms with Crippen molar-refractivity contribution in [1.29, 1.82) is 0 Å². The lowest BCUT2D eigenvalue weighted by Gasteiger charge is -2.17. The van der Waals surface area contributed by atoms with Gasteiger partial charge in [0.2, 0.25) is 10.0 Å². The standard InChI is InChI=1S/C11H18N2O2S2/c1-12-7-10-11(5-6-16-10)17(14,15)13(2)8-9-3-4-9/h5-6,9,12H,3-4,7-8H2,1-2H3. The van der Waals surface area contributed by atoms with E-state index in [2.05, 4.69) is 5.32 Å². The third kappa shape index (κ3) is 2.88.